The van der Waals surface area contributed by atoms with Crippen molar-refractivity contribution in [1.82, 2.24) is 14.8 Å². The summed E-state index contributed by atoms with van der Waals surface area (Å²) >= 11 is 7.72. The highest BCUT2D eigenvalue weighted by Crippen LogP contribution is 2.45. The molecule has 3 N–H and O–H groups in total. The SMILES string of the molecule is CNC1CCN(CC[C@H](CSc2ccccc2)Nc2ccc(S(=O)(=O)Nc3ccc(N4CCN(c5cc(F)cc(-c6c(S(C)(=O)=O)c(C)n(C(C)C)c6-c6ccc(Cl)cc6)c5)CC4)cc3)cc2S(=O)(=O)C(F)(F)F)CC1. The molecule has 3 heterocycles. The first-order valence-electron chi connectivity index (χ1n) is 24.9. The number of benzene rings is 5. The molecule has 5 aromatic carbocycles. The van der Waals surface area contributed by atoms with E-state index in [9.17, 15) is 38.4 Å². The second kappa shape index (κ2) is 23.4. The highest BCUT2D eigenvalue weighted by Gasteiger charge is 2.48. The van der Waals surface area contributed by atoms with Crippen molar-refractivity contribution in [3.8, 4) is 22.4 Å². The Bertz CT molecular complexity index is 3350. The second-order valence-electron chi connectivity index (χ2n) is 19.5. The van der Waals surface area contributed by atoms with Crippen LogP contribution in [0.2, 0.25) is 5.02 Å². The van der Waals surface area contributed by atoms with E-state index in [1.54, 1.807) is 37.3 Å². The lowest BCUT2D eigenvalue weighted by molar-refractivity contribution is -0.0435. The predicted octanol–water partition coefficient (Wildman–Crippen LogP) is 11.0. The van der Waals surface area contributed by atoms with Crippen molar-refractivity contribution in [2.24, 2.45) is 0 Å². The molecule has 408 valence electrons. The number of piperazine rings is 1. The van der Waals surface area contributed by atoms with Gasteiger partial charge in [0.2, 0.25) is 0 Å². The zero-order chi connectivity index (χ0) is 54.7. The largest absolute Gasteiger partial charge is 0.501 e. The van der Waals surface area contributed by atoms with E-state index in [4.69, 9.17) is 11.6 Å². The lowest BCUT2D eigenvalue weighted by atomic mass is 9.99. The lowest BCUT2D eigenvalue weighted by Gasteiger charge is -2.37. The molecule has 2 aliphatic heterocycles. The van der Waals surface area contributed by atoms with E-state index in [0.717, 1.165) is 60.5 Å². The number of hydrogen-bond donors (Lipinski definition) is 3. The molecule has 76 heavy (non-hydrogen) atoms. The average Bonchev–Trinajstić information content (AvgIpc) is 3.75. The van der Waals surface area contributed by atoms with E-state index in [-0.39, 0.29) is 22.3 Å². The molecular weight excluding hydrogens is 1080 g/mol. The summed E-state index contributed by atoms with van der Waals surface area (Å²) in [6, 6.07) is 29.9. The third kappa shape index (κ3) is 13.0. The summed E-state index contributed by atoms with van der Waals surface area (Å²) in [4.78, 5) is 5.50. The van der Waals surface area contributed by atoms with Crippen molar-refractivity contribution in [1.29, 1.82) is 0 Å². The molecule has 2 saturated heterocycles. The number of nitrogens with one attached hydrogen (secondary N) is 3. The van der Waals surface area contributed by atoms with Gasteiger partial charge in [-0.1, -0.05) is 41.9 Å². The number of sulfonamides is 1. The number of likely N-dealkylation sites (tertiary alicyclic amines) is 1. The molecule has 13 nitrogen and oxygen atoms in total. The zero-order valence-corrected chi connectivity index (χ0v) is 46.8. The summed E-state index contributed by atoms with van der Waals surface area (Å²) in [5, 5.41) is 6.87. The summed E-state index contributed by atoms with van der Waals surface area (Å²) in [6.07, 6.45) is 3.52. The minimum Gasteiger partial charge on any atom is -0.380 e. The molecule has 8 rings (SSSR count). The summed E-state index contributed by atoms with van der Waals surface area (Å²) in [5.41, 5.74) is -2.03. The van der Waals surface area contributed by atoms with Gasteiger partial charge in [0.05, 0.1) is 21.2 Å². The van der Waals surface area contributed by atoms with Crippen LogP contribution in [0.3, 0.4) is 0 Å². The van der Waals surface area contributed by atoms with Crippen LogP contribution in [0.5, 0.6) is 0 Å². The molecule has 0 saturated carbocycles. The molecule has 0 amide bonds. The zero-order valence-electron chi connectivity index (χ0n) is 42.7. The molecule has 1 atom stereocenters. The van der Waals surface area contributed by atoms with E-state index in [1.165, 1.54) is 36.0 Å². The Kier molecular flexibility index (Phi) is 17.5. The summed E-state index contributed by atoms with van der Waals surface area (Å²) in [5.74, 6) is -0.153. The Morgan fingerprint density at radius 2 is 1.39 bits per heavy atom. The number of rotatable bonds is 19. The first kappa shape index (κ1) is 56.9. The Balaban J connectivity index is 0.983. The van der Waals surface area contributed by atoms with Crippen LogP contribution in [0.1, 0.15) is 44.8 Å². The van der Waals surface area contributed by atoms with E-state index in [2.05, 4.69) is 25.2 Å². The average molecular weight is 1140 g/mol. The van der Waals surface area contributed by atoms with Gasteiger partial charge in [0.25, 0.3) is 19.9 Å². The molecule has 22 heteroatoms. The number of nitrogens with zero attached hydrogens (tertiary/aromatic N) is 4. The second-order valence-corrected chi connectivity index (χ2v) is 26.5. The van der Waals surface area contributed by atoms with Gasteiger partial charge in [0.15, 0.2) is 9.84 Å². The summed E-state index contributed by atoms with van der Waals surface area (Å²) < 4.78 is 144. The van der Waals surface area contributed by atoms with Gasteiger partial charge in [-0.15, -0.1) is 11.8 Å². The first-order chi connectivity index (χ1) is 35.9. The number of thioether (sulfide) groups is 1. The third-order valence-corrected chi connectivity index (χ3v) is 19.5. The van der Waals surface area contributed by atoms with Crippen LogP contribution in [0.4, 0.5) is 40.3 Å². The van der Waals surface area contributed by atoms with Crippen LogP contribution >= 0.6 is 23.4 Å². The molecule has 0 spiro atoms. The fourth-order valence-corrected chi connectivity index (χ4v) is 14.5. The van der Waals surface area contributed by atoms with E-state index >= 15 is 4.39 Å². The van der Waals surface area contributed by atoms with Gasteiger partial charge >= 0.3 is 5.51 Å². The van der Waals surface area contributed by atoms with Crippen LogP contribution in [0.25, 0.3) is 22.4 Å². The van der Waals surface area contributed by atoms with Crippen molar-refractivity contribution in [2.75, 3.05) is 84.7 Å². The lowest BCUT2D eigenvalue weighted by Crippen LogP contribution is -2.46. The monoisotopic (exact) mass is 1140 g/mol. The van der Waals surface area contributed by atoms with Gasteiger partial charge in [0.1, 0.15) is 10.7 Å². The number of anilines is 4. The molecule has 2 aliphatic rings. The van der Waals surface area contributed by atoms with E-state index in [1.807, 2.05) is 72.8 Å². The predicted molar refractivity (Wildman–Crippen MR) is 298 cm³/mol. The fourth-order valence-electron chi connectivity index (χ4n) is 10.1. The van der Waals surface area contributed by atoms with Crippen LogP contribution in [-0.4, -0.2) is 117 Å². The quantitative estimate of drug-likeness (QED) is 0.0523. The number of alkyl halides is 3. The van der Waals surface area contributed by atoms with E-state index in [0.29, 0.717) is 90.2 Å². The van der Waals surface area contributed by atoms with E-state index < -0.39 is 56.9 Å². The third-order valence-electron chi connectivity index (χ3n) is 13.9. The summed E-state index contributed by atoms with van der Waals surface area (Å²) in [7, 11) is -12.5. The van der Waals surface area contributed by atoms with Gasteiger partial charge in [-0.3, -0.25) is 4.72 Å². The van der Waals surface area contributed by atoms with Crippen LogP contribution in [-0.2, 0) is 29.7 Å². The highest BCUT2D eigenvalue weighted by molar-refractivity contribution is 7.99. The number of sulfone groups is 2. The first-order valence-corrected chi connectivity index (χ1v) is 31.1. The minimum absolute atomic E-state index is 0.0850. The minimum atomic E-state index is -6.03. The maximum Gasteiger partial charge on any atom is 0.501 e. The van der Waals surface area contributed by atoms with Gasteiger partial charge in [-0.05, 0) is 156 Å². The molecule has 0 unspecified atom stereocenters. The molecule has 6 aromatic rings. The van der Waals surface area contributed by atoms with Crippen molar-refractivity contribution in [2.45, 2.75) is 83.2 Å². The maximum atomic E-state index is 15.8. The number of halogens is 5. The molecule has 0 aliphatic carbocycles. The topological polar surface area (TPSA) is 153 Å². The van der Waals surface area contributed by atoms with Crippen LogP contribution < -0.4 is 25.2 Å². The molecule has 0 bridgehead atoms. The van der Waals surface area contributed by atoms with Gasteiger partial charge < -0.3 is 29.9 Å². The Hall–Kier alpha value is -5.29. The molecule has 2 fully saturated rings. The fraction of sp³-hybridized carbons (Fsp3) is 0.370. The van der Waals surface area contributed by atoms with Gasteiger partial charge in [-0.2, -0.15) is 13.2 Å². The molecular formula is C54H62ClF4N7O6S4. The number of hydrogen-bond acceptors (Lipinski definition) is 12. The van der Waals surface area contributed by atoms with Gasteiger partial charge in [0, 0.05) is 101 Å². The molecule has 0 radical (unpaired) electrons. The molecule has 1 aromatic heterocycles. The Labute approximate surface area is 452 Å². The summed E-state index contributed by atoms with van der Waals surface area (Å²) in [6.45, 7) is 9.79. The maximum absolute atomic E-state index is 15.8. The van der Waals surface area contributed by atoms with Crippen LogP contribution in [0, 0.1) is 12.7 Å². The normalized spacial score (nSPS) is 15.8. The van der Waals surface area contributed by atoms with Gasteiger partial charge in [-0.25, -0.2) is 29.6 Å². The highest BCUT2D eigenvalue weighted by atomic mass is 35.5. The van der Waals surface area contributed by atoms with Crippen molar-refractivity contribution >= 4 is 75.8 Å². The Morgan fingerprint density at radius 1 is 0.763 bits per heavy atom. The smallest absolute Gasteiger partial charge is 0.380 e. The standard InChI is InChI=1S/C54H62ClF4N7O6S4/c1-36(2)66-37(3)53(74(5,67)68)51(52(66)38-11-13-40(55)14-12-38)39-31-41(56)33-46(32-39)65-29-27-64(28-30-65)45-17-15-43(16-18-45)62-76(71,72)48-19-20-49(50(34-48)75(69,70)54(57,58)59)61-44(35-73-47-9-7-6-8-10-47)23-26-63-24-21-42(60-4)22-25-63/h6-20,31-34,36,42,44,60-62H,21-30,35H2,1-5H3/t44-/m1/s1. The number of aromatic nitrogens is 1. The van der Waals surface area contributed by atoms with Crippen molar-refractivity contribution in [3.63, 3.8) is 0 Å². The Morgan fingerprint density at radius 3 is 1.99 bits per heavy atom. The number of piperidine rings is 1. The van der Waals surface area contributed by atoms with Crippen LogP contribution in [0.15, 0.2) is 135 Å². The van der Waals surface area contributed by atoms with Crippen molar-refractivity contribution < 1.29 is 42.8 Å². The van der Waals surface area contributed by atoms with Crippen molar-refractivity contribution in [3.05, 3.63) is 132 Å².